The molecule has 0 aliphatic rings. The summed E-state index contributed by atoms with van der Waals surface area (Å²) in [6.07, 6.45) is 1.68. The fourth-order valence-electron chi connectivity index (χ4n) is 2.72. The highest BCUT2D eigenvalue weighted by atomic mass is 16.3. The van der Waals surface area contributed by atoms with E-state index in [9.17, 15) is 0 Å². The van der Waals surface area contributed by atoms with E-state index in [1.165, 1.54) is 5.56 Å². The maximum absolute atomic E-state index is 5.92. The predicted octanol–water partition coefficient (Wildman–Crippen LogP) is 5.37. The van der Waals surface area contributed by atoms with Gasteiger partial charge < -0.3 is 8.83 Å². The third kappa shape index (κ3) is 2.02. The summed E-state index contributed by atoms with van der Waals surface area (Å²) in [5.74, 6) is 1.50. The number of hydrogen-bond donors (Lipinski definition) is 0. The molecule has 22 heavy (non-hydrogen) atoms. The molecule has 2 aromatic carbocycles. The Morgan fingerprint density at radius 3 is 2.59 bits per heavy atom. The second-order valence-corrected chi connectivity index (χ2v) is 5.45. The molecular weight excluding hydrogens is 274 g/mol. The van der Waals surface area contributed by atoms with Crippen LogP contribution in [-0.2, 0) is 0 Å². The van der Waals surface area contributed by atoms with Crippen LogP contribution >= 0.6 is 0 Å². The molecule has 0 aliphatic heterocycles. The number of oxazole rings is 1. The number of nitrogens with zero attached hydrogens (tertiary/aromatic N) is 1. The van der Waals surface area contributed by atoms with Crippen LogP contribution in [0.1, 0.15) is 11.1 Å². The smallest absolute Gasteiger partial charge is 0.227 e. The molecule has 0 fully saturated rings. The molecule has 0 radical (unpaired) electrons. The average Bonchev–Trinajstić information content (AvgIpc) is 3.15. The van der Waals surface area contributed by atoms with E-state index in [4.69, 9.17) is 8.83 Å². The lowest BCUT2D eigenvalue weighted by molar-refractivity contribution is 0.582. The Labute approximate surface area is 128 Å². The van der Waals surface area contributed by atoms with Gasteiger partial charge in [0.15, 0.2) is 5.58 Å². The van der Waals surface area contributed by atoms with Gasteiger partial charge in [-0.15, -0.1) is 0 Å². The Bertz CT molecular complexity index is 949. The normalized spacial score (nSPS) is 11.2. The first-order valence-corrected chi connectivity index (χ1v) is 7.23. The molecule has 2 heterocycles. The van der Waals surface area contributed by atoms with Crippen molar-refractivity contribution in [1.82, 2.24) is 4.98 Å². The summed E-state index contributed by atoms with van der Waals surface area (Å²) in [4.78, 5) is 4.63. The number of rotatable bonds is 2. The van der Waals surface area contributed by atoms with Crippen molar-refractivity contribution in [2.45, 2.75) is 13.8 Å². The molecule has 0 atom stereocenters. The summed E-state index contributed by atoms with van der Waals surface area (Å²) >= 11 is 0. The van der Waals surface area contributed by atoms with Crippen molar-refractivity contribution in [3.05, 3.63) is 65.9 Å². The van der Waals surface area contributed by atoms with Crippen LogP contribution < -0.4 is 0 Å². The fraction of sp³-hybridized carbons (Fsp3) is 0.105. The molecule has 0 saturated heterocycles. The Hall–Kier alpha value is -2.81. The summed E-state index contributed by atoms with van der Waals surface area (Å²) in [5.41, 5.74) is 6.01. The SMILES string of the molecule is Cc1ccc2oc(-c3cccc(-c4ccco4)c3C)nc2c1. The Balaban J connectivity index is 1.89. The molecule has 4 aromatic rings. The number of benzene rings is 2. The van der Waals surface area contributed by atoms with Crippen molar-refractivity contribution in [1.29, 1.82) is 0 Å². The molecule has 0 amide bonds. The number of fused-ring (bicyclic) bond motifs is 1. The summed E-state index contributed by atoms with van der Waals surface area (Å²) in [7, 11) is 0. The van der Waals surface area contributed by atoms with Crippen LogP contribution in [0.5, 0.6) is 0 Å². The highest BCUT2D eigenvalue weighted by Crippen LogP contribution is 2.33. The average molecular weight is 289 g/mol. The van der Waals surface area contributed by atoms with Crippen molar-refractivity contribution in [2.24, 2.45) is 0 Å². The van der Waals surface area contributed by atoms with Crippen LogP contribution in [0, 0.1) is 13.8 Å². The third-order valence-electron chi connectivity index (χ3n) is 3.89. The topological polar surface area (TPSA) is 39.2 Å². The van der Waals surface area contributed by atoms with Gasteiger partial charge in [0.2, 0.25) is 5.89 Å². The second kappa shape index (κ2) is 4.88. The van der Waals surface area contributed by atoms with Crippen LogP contribution in [0.25, 0.3) is 33.9 Å². The van der Waals surface area contributed by atoms with Crippen LogP contribution in [-0.4, -0.2) is 4.98 Å². The van der Waals surface area contributed by atoms with E-state index >= 15 is 0 Å². The van der Waals surface area contributed by atoms with Gasteiger partial charge in [-0.2, -0.15) is 0 Å². The molecule has 3 heteroatoms. The maximum Gasteiger partial charge on any atom is 0.227 e. The number of aromatic nitrogens is 1. The predicted molar refractivity (Wildman–Crippen MR) is 86.6 cm³/mol. The summed E-state index contributed by atoms with van der Waals surface area (Å²) < 4.78 is 11.4. The molecule has 3 nitrogen and oxygen atoms in total. The standard InChI is InChI=1S/C19H15NO2/c1-12-8-9-18-16(11-12)20-19(22-18)15-6-3-5-14(13(15)2)17-7-4-10-21-17/h3-11H,1-2H3. The molecule has 4 rings (SSSR count). The molecule has 108 valence electrons. The number of furan rings is 1. The number of hydrogen-bond acceptors (Lipinski definition) is 3. The van der Waals surface area contributed by atoms with E-state index in [2.05, 4.69) is 18.8 Å². The van der Waals surface area contributed by atoms with E-state index in [0.717, 1.165) is 33.6 Å². The molecule has 0 bridgehead atoms. The van der Waals surface area contributed by atoms with Crippen LogP contribution in [0.4, 0.5) is 0 Å². The van der Waals surface area contributed by atoms with Gasteiger partial charge in [-0.05, 0) is 55.3 Å². The van der Waals surface area contributed by atoms with Gasteiger partial charge in [0, 0.05) is 11.1 Å². The molecule has 2 aromatic heterocycles. The van der Waals surface area contributed by atoms with Crippen LogP contribution in [0.3, 0.4) is 0 Å². The molecular formula is C19H15NO2. The van der Waals surface area contributed by atoms with Gasteiger partial charge in [0.1, 0.15) is 11.3 Å². The zero-order chi connectivity index (χ0) is 15.1. The lowest BCUT2D eigenvalue weighted by atomic mass is 10.0. The van der Waals surface area contributed by atoms with Gasteiger partial charge in [-0.1, -0.05) is 18.2 Å². The van der Waals surface area contributed by atoms with E-state index < -0.39 is 0 Å². The van der Waals surface area contributed by atoms with Gasteiger partial charge in [0.25, 0.3) is 0 Å². The lowest BCUT2D eigenvalue weighted by Crippen LogP contribution is -1.87. The molecule has 0 spiro atoms. The third-order valence-corrected chi connectivity index (χ3v) is 3.89. The first kappa shape index (κ1) is 12.9. The Kier molecular flexibility index (Phi) is 2.86. The van der Waals surface area contributed by atoms with Crippen molar-refractivity contribution < 1.29 is 8.83 Å². The minimum absolute atomic E-state index is 0.645. The van der Waals surface area contributed by atoms with Gasteiger partial charge >= 0.3 is 0 Å². The molecule has 0 N–H and O–H groups in total. The van der Waals surface area contributed by atoms with Crippen LogP contribution in [0.15, 0.2) is 63.6 Å². The highest BCUT2D eigenvalue weighted by Gasteiger charge is 2.14. The quantitative estimate of drug-likeness (QED) is 0.498. The first-order valence-electron chi connectivity index (χ1n) is 7.23. The minimum atomic E-state index is 0.645. The zero-order valence-corrected chi connectivity index (χ0v) is 12.5. The monoisotopic (exact) mass is 289 g/mol. The van der Waals surface area contributed by atoms with E-state index in [1.807, 2.05) is 48.5 Å². The fourth-order valence-corrected chi connectivity index (χ4v) is 2.72. The first-order chi connectivity index (χ1) is 10.7. The summed E-state index contributed by atoms with van der Waals surface area (Å²) in [6.45, 7) is 4.11. The number of aryl methyl sites for hydroxylation is 1. The van der Waals surface area contributed by atoms with Gasteiger partial charge in [-0.25, -0.2) is 4.98 Å². The van der Waals surface area contributed by atoms with Gasteiger partial charge in [0.05, 0.1) is 6.26 Å². The van der Waals surface area contributed by atoms with Crippen molar-refractivity contribution in [3.63, 3.8) is 0 Å². The van der Waals surface area contributed by atoms with Crippen molar-refractivity contribution in [3.8, 4) is 22.8 Å². The zero-order valence-electron chi connectivity index (χ0n) is 12.5. The van der Waals surface area contributed by atoms with E-state index in [-0.39, 0.29) is 0 Å². The van der Waals surface area contributed by atoms with E-state index in [1.54, 1.807) is 6.26 Å². The molecule has 0 saturated carbocycles. The molecule has 0 unspecified atom stereocenters. The minimum Gasteiger partial charge on any atom is -0.464 e. The van der Waals surface area contributed by atoms with Crippen LogP contribution in [0.2, 0.25) is 0 Å². The highest BCUT2D eigenvalue weighted by molar-refractivity contribution is 5.79. The Morgan fingerprint density at radius 2 is 1.77 bits per heavy atom. The largest absolute Gasteiger partial charge is 0.464 e. The second-order valence-electron chi connectivity index (χ2n) is 5.45. The maximum atomic E-state index is 5.92. The summed E-state index contributed by atoms with van der Waals surface area (Å²) in [5, 5.41) is 0. The Morgan fingerprint density at radius 1 is 0.909 bits per heavy atom. The van der Waals surface area contributed by atoms with Crippen molar-refractivity contribution >= 4 is 11.1 Å². The van der Waals surface area contributed by atoms with Crippen molar-refractivity contribution in [2.75, 3.05) is 0 Å². The van der Waals surface area contributed by atoms with E-state index in [0.29, 0.717) is 5.89 Å². The van der Waals surface area contributed by atoms with Gasteiger partial charge in [-0.3, -0.25) is 0 Å². The lowest BCUT2D eigenvalue weighted by Gasteiger charge is -2.06. The summed E-state index contributed by atoms with van der Waals surface area (Å²) in [6, 6.07) is 16.0. The molecule has 0 aliphatic carbocycles.